The summed E-state index contributed by atoms with van der Waals surface area (Å²) in [5.74, 6) is 5.83. The highest BCUT2D eigenvalue weighted by Gasteiger charge is 2.01. The molecule has 0 aromatic heterocycles. The van der Waals surface area contributed by atoms with Crippen LogP contribution in [0.4, 0.5) is 0 Å². The van der Waals surface area contributed by atoms with Crippen LogP contribution in [0.25, 0.3) is 0 Å². The van der Waals surface area contributed by atoms with Crippen LogP contribution in [0, 0.1) is 11.8 Å². The Bertz CT molecular complexity index is 398. The van der Waals surface area contributed by atoms with Crippen LogP contribution >= 0.6 is 0 Å². The van der Waals surface area contributed by atoms with Gasteiger partial charge in [0.25, 0.3) is 0 Å². The van der Waals surface area contributed by atoms with E-state index in [4.69, 9.17) is 5.11 Å². The lowest BCUT2D eigenvalue weighted by Crippen LogP contribution is -2.25. The van der Waals surface area contributed by atoms with Gasteiger partial charge in [-0.2, -0.15) is 0 Å². The first-order valence-electron chi connectivity index (χ1n) is 5.16. The number of hydrogen-bond acceptors (Lipinski definition) is 2. The van der Waals surface area contributed by atoms with Crippen molar-refractivity contribution >= 4 is 5.91 Å². The fourth-order valence-corrected chi connectivity index (χ4v) is 1.25. The maximum absolute atomic E-state index is 11.4. The maximum Gasteiger partial charge on any atom is 0.224 e. The molecule has 0 fully saturated rings. The predicted molar refractivity (Wildman–Crippen MR) is 62.9 cm³/mol. The topological polar surface area (TPSA) is 49.3 Å². The molecule has 0 bridgehead atoms. The molecule has 84 valence electrons. The Hall–Kier alpha value is -1.95. The normalized spacial score (nSPS) is 9.06. The van der Waals surface area contributed by atoms with Gasteiger partial charge in [-0.05, 0) is 24.6 Å². The lowest BCUT2D eigenvalue weighted by molar-refractivity contribution is -0.120. The Morgan fingerprint density at radius 1 is 1.38 bits per heavy atom. The van der Waals surface area contributed by atoms with Crippen LogP contribution in [0.2, 0.25) is 0 Å². The molecule has 1 aromatic carbocycles. The molecular weight excluding hydrogens is 202 g/mol. The molecule has 2 N–H and O–H groups in total. The summed E-state index contributed by atoms with van der Waals surface area (Å²) >= 11 is 0. The van der Waals surface area contributed by atoms with E-state index in [1.54, 1.807) is 31.2 Å². The number of aromatic hydroxyl groups is 1. The minimum Gasteiger partial charge on any atom is -0.508 e. The summed E-state index contributed by atoms with van der Waals surface area (Å²) in [4.78, 5) is 11.4. The van der Waals surface area contributed by atoms with Crippen molar-refractivity contribution in [3.63, 3.8) is 0 Å². The third-order valence-electron chi connectivity index (χ3n) is 2.05. The van der Waals surface area contributed by atoms with E-state index in [2.05, 4.69) is 17.2 Å². The van der Waals surface area contributed by atoms with Gasteiger partial charge in [0.05, 0.1) is 6.42 Å². The van der Waals surface area contributed by atoms with Crippen LogP contribution in [0.3, 0.4) is 0 Å². The Kier molecular flexibility index (Phi) is 4.94. The molecule has 0 aliphatic heterocycles. The van der Waals surface area contributed by atoms with Crippen LogP contribution in [0.15, 0.2) is 24.3 Å². The monoisotopic (exact) mass is 217 g/mol. The molecule has 0 spiro atoms. The number of phenols is 1. The third-order valence-corrected chi connectivity index (χ3v) is 2.05. The van der Waals surface area contributed by atoms with Gasteiger partial charge in [0, 0.05) is 13.0 Å². The molecule has 1 rings (SSSR count). The van der Waals surface area contributed by atoms with Crippen molar-refractivity contribution in [3.05, 3.63) is 29.8 Å². The summed E-state index contributed by atoms with van der Waals surface area (Å²) in [7, 11) is 0. The van der Waals surface area contributed by atoms with Gasteiger partial charge in [0.2, 0.25) is 5.91 Å². The molecule has 16 heavy (non-hydrogen) atoms. The first-order valence-corrected chi connectivity index (χ1v) is 5.16. The predicted octanol–water partition coefficient (Wildman–Crippen LogP) is 1.46. The zero-order chi connectivity index (χ0) is 11.8. The lowest BCUT2D eigenvalue weighted by Gasteiger charge is -2.03. The average molecular weight is 217 g/mol. The summed E-state index contributed by atoms with van der Waals surface area (Å²) in [5, 5.41) is 11.9. The van der Waals surface area contributed by atoms with Crippen LogP contribution in [0.1, 0.15) is 18.9 Å². The van der Waals surface area contributed by atoms with E-state index < -0.39 is 0 Å². The number of nitrogens with one attached hydrogen (secondary N) is 1. The molecule has 0 heterocycles. The van der Waals surface area contributed by atoms with Crippen LogP contribution in [-0.2, 0) is 11.2 Å². The van der Waals surface area contributed by atoms with Gasteiger partial charge in [-0.15, -0.1) is 11.8 Å². The van der Waals surface area contributed by atoms with Gasteiger partial charge >= 0.3 is 0 Å². The second kappa shape index (κ2) is 6.52. The molecule has 0 radical (unpaired) electrons. The zero-order valence-corrected chi connectivity index (χ0v) is 9.29. The number of benzene rings is 1. The van der Waals surface area contributed by atoms with Crippen molar-refractivity contribution in [2.75, 3.05) is 6.54 Å². The molecule has 0 saturated heterocycles. The van der Waals surface area contributed by atoms with Crippen molar-refractivity contribution < 1.29 is 9.90 Å². The van der Waals surface area contributed by atoms with Crippen LogP contribution in [-0.4, -0.2) is 17.6 Å². The van der Waals surface area contributed by atoms with Crippen molar-refractivity contribution in [2.45, 2.75) is 19.8 Å². The Morgan fingerprint density at radius 3 is 2.69 bits per heavy atom. The maximum atomic E-state index is 11.4. The molecule has 3 nitrogen and oxygen atoms in total. The largest absolute Gasteiger partial charge is 0.508 e. The van der Waals surface area contributed by atoms with Crippen molar-refractivity contribution in [1.29, 1.82) is 0 Å². The Morgan fingerprint density at radius 2 is 2.06 bits per heavy atom. The second-order valence-corrected chi connectivity index (χ2v) is 3.37. The number of hydrogen-bond donors (Lipinski definition) is 2. The van der Waals surface area contributed by atoms with E-state index in [0.29, 0.717) is 19.4 Å². The zero-order valence-electron chi connectivity index (χ0n) is 9.29. The molecule has 3 heteroatoms. The fourth-order valence-electron chi connectivity index (χ4n) is 1.25. The van der Waals surface area contributed by atoms with Crippen LogP contribution < -0.4 is 5.32 Å². The lowest BCUT2D eigenvalue weighted by atomic mass is 10.1. The van der Waals surface area contributed by atoms with Gasteiger partial charge in [-0.3, -0.25) is 4.79 Å². The van der Waals surface area contributed by atoms with Gasteiger partial charge in [-0.25, -0.2) is 0 Å². The summed E-state index contributed by atoms with van der Waals surface area (Å²) < 4.78 is 0. The van der Waals surface area contributed by atoms with E-state index in [1.165, 1.54) is 0 Å². The summed E-state index contributed by atoms with van der Waals surface area (Å²) in [6, 6.07) is 6.62. The molecule has 0 aliphatic carbocycles. The number of carbonyl (C=O) groups excluding carboxylic acids is 1. The molecule has 0 aliphatic rings. The number of phenolic OH excluding ortho intramolecular Hbond substituents is 1. The third kappa shape index (κ3) is 4.52. The number of amides is 1. The average Bonchev–Trinajstić information content (AvgIpc) is 2.28. The molecular formula is C13H15NO2. The van der Waals surface area contributed by atoms with Crippen molar-refractivity contribution in [2.24, 2.45) is 0 Å². The molecule has 0 unspecified atom stereocenters. The van der Waals surface area contributed by atoms with E-state index in [1.807, 2.05) is 0 Å². The summed E-state index contributed by atoms with van der Waals surface area (Å²) in [6.07, 6.45) is 1.01. The highest BCUT2D eigenvalue weighted by atomic mass is 16.3. The first-order chi connectivity index (χ1) is 7.72. The SMILES string of the molecule is CC#CCCNC(=O)Cc1ccc(O)cc1. The highest BCUT2D eigenvalue weighted by Crippen LogP contribution is 2.09. The van der Waals surface area contributed by atoms with E-state index in [9.17, 15) is 4.79 Å². The quantitative estimate of drug-likeness (QED) is 0.592. The smallest absolute Gasteiger partial charge is 0.224 e. The molecule has 1 aromatic rings. The second-order valence-electron chi connectivity index (χ2n) is 3.37. The number of carbonyl (C=O) groups is 1. The minimum atomic E-state index is -0.0245. The highest BCUT2D eigenvalue weighted by molar-refractivity contribution is 5.78. The Balaban J connectivity index is 2.33. The first kappa shape index (κ1) is 12.1. The van der Waals surface area contributed by atoms with Crippen molar-refractivity contribution in [3.8, 4) is 17.6 Å². The summed E-state index contributed by atoms with van der Waals surface area (Å²) in [5.41, 5.74) is 0.886. The standard InChI is InChI=1S/C13H15NO2/c1-2-3-4-9-14-13(16)10-11-5-7-12(15)8-6-11/h5-8,15H,4,9-10H2,1H3,(H,14,16). The minimum absolute atomic E-state index is 0.0245. The molecule has 0 saturated carbocycles. The Labute approximate surface area is 95.5 Å². The molecule has 1 amide bonds. The van der Waals surface area contributed by atoms with Gasteiger partial charge in [0.1, 0.15) is 5.75 Å². The van der Waals surface area contributed by atoms with Crippen LogP contribution in [0.5, 0.6) is 5.75 Å². The van der Waals surface area contributed by atoms with E-state index in [-0.39, 0.29) is 11.7 Å². The number of rotatable bonds is 4. The van der Waals surface area contributed by atoms with E-state index >= 15 is 0 Å². The fraction of sp³-hybridized carbons (Fsp3) is 0.308. The summed E-state index contributed by atoms with van der Waals surface area (Å²) in [6.45, 7) is 2.36. The van der Waals surface area contributed by atoms with Gasteiger partial charge < -0.3 is 10.4 Å². The van der Waals surface area contributed by atoms with E-state index in [0.717, 1.165) is 5.56 Å². The van der Waals surface area contributed by atoms with Crippen molar-refractivity contribution in [1.82, 2.24) is 5.32 Å². The van der Waals surface area contributed by atoms with Gasteiger partial charge in [-0.1, -0.05) is 12.1 Å². The van der Waals surface area contributed by atoms with Gasteiger partial charge in [0.15, 0.2) is 0 Å². The molecule has 0 atom stereocenters.